The van der Waals surface area contributed by atoms with Crippen molar-refractivity contribution in [1.82, 2.24) is 19.4 Å². The smallest absolute Gasteiger partial charge is 0.254 e. The third-order valence-electron chi connectivity index (χ3n) is 10.5. The molecule has 0 bridgehead atoms. The molecule has 2 aliphatic heterocycles. The number of imidazole rings is 1. The maximum absolute atomic E-state index is 14.0. The zero-order valence-electron chi connectivity index (χ0n) is 30.1. The molecule has 0 aliphatic carbocycles. The molecule has 1 amide bonds. The second-order valence-electron chi connectivity index (χ2n) is 13.5. The van der Waals surface area contributed by atoms with Crippen LogP contribution in [0.3, 0.4) is 0 Å². The number of aliphatic hydroxyl groups excluding tert-OH is 1. The molecule has 2 saturated heterocycles. The van der Waals surface area contributed by atoms with E-state index in [0.717, 1.165) is 74.7 Å². The molecule has 2 fully saturated rings. The summed E-state index contributed by atoms with van der Waals surface area (Å²) in [6, 6.07) is 26.1. The summed E-state index contributed by atoms with van der Waals surface area (Å²) in [6.07, 6.45) is 2.85. The van der Waals surface area contributed by atoms with Crippen LogP contribution < -0.4 is 19.1 Å². The second kappa shape index (κ2) is 16.3. The molecule has 1 atom stereocenters. The van der Waals surface area contributed by atoms with Gasteiger partial charge in [0.1, 0.15) is 18.1 Å². The number of anilines is 1. The molecule has 5 aromatic rings. The fourth-order valence-corrected chi connectivity index (χ4v) is 7.78. The molecule has 0 saturated carbocycles. The zero-order valence-corrected chi connectivity index (χ0v) is 30.9. The first-order valence-electron chi connectivity index (χ1n) is 17.7. The lowest BCUT2D eigenvalue weighted by atomic mass is 9.76. The van der Waals surface area contributed by atoms with E-state index in [4.69, 9.17) is 23.6 Å². The van der Waals surface area contributed by atoms with Crippen molar-refractivity contribution in [3.8, 4) is 17.2 Å². The van der Waals surface area contributed by atoms with Crippen LogP contribution in [-0.4, -0.2) is 97.5 Å². The Morgan fingerprint density at radius 1 is 0.865 bits per heavy atom. The number of likely N-dealkylation sites (tertiary alicyclic amines) is 1. The number of aliphatic hydroxyl groups is 1. The summed E-state index contributed by atoms with van der Waals surface area (Å²) in [4.78, 5) is 26.0. The van der Waals surface area contributed by atoms with Crippen molar-refractivity contribution >= 4 is 35.3 Å². The molecule has 0 spiro atoms. The van der Waals surface area contributed by atoms with Crippen LogP contribution in [0, 0.1) is 0 Å². The summed E-state index contributed by atoms with van der Waals surface area (Å²) in [7, 11) is 4.69. The number of methoxy groups -OCH3 is 3. The third kappa shape index (κ3) is 7.44. The zero-order chi connectivity index (χ0) is 35.4. The van der Waals surface area contributed by atoms with E-state index in [9.17, 15) is 9.90 Å². The second-order valence-corrected chi connectivity index (χ2v) is 13.5. The number of halogens is 1. The monoisotopic (exact) mass is 729 g/mol. The number of nitrogens with zero attached hydrogens (tertiary/aromatic N) is 5. The van der Waals surface area contributed by atoms with Crippen molar-refractivity contribution in [3.05, 3.63) is 102 Å². The summed E-state index contributed by atoms with van der Waals surface area (Å²) < 4.78 is 24.7. The minimum absolute atomic E-state index is 0. The highest BCUT2D eigenvalue weighted by molar-refractivity contribution is 5.96. The number of hydrogen-bond donors (Lipinski definition) is 1. The topological polar surface area (TPSA) is 106 Å². The van der Waals surface area contributed by atoms with Gasteiger partial charge < -0.3 is 43.0 Å². The van der Waals surface area contributed by atoms with Crippen LogP contribution in [0.1, 0.15) is 46.7 Å². The van der Waals surface area contributed by atoms with E-state index < -0.39 is 0 Å². The van der Waals surface area contributed by atoms with Gasteiger partial charge in [0.25, 0.3) is 5.91 Å². The van der Waals surface area contributed by atoms with Crippen LogP contribution in [0.25, 0.3) is 11.0 Å². The van der Waals surface area contributed by atoms with Gasteiger partial charge in [-0.3, -0.25) is 4.79 Å². The highest BCUT2D eigenvalue weighted by atomic mass is 35.5. The highest BCUT2D eigenvalue weighted by Gasteiger charge is 2.42. The van der Waals surface area contributed by atoms with E-state index in [-0.39, 0.29) is 30.3 Å². The summed E-state index contributed by atoms with van der Waals surface area (Å²) in [5, 5.41) is 9.54. The van der Waals surface area contributed by atoms with Gasteiger partial charge in [0, 0.05) is 43.7 Å². The highest BCUT2D eigenvalue weighted by Crippen LogP contribution is 2.41. The number of ether oxygens (including phenoxy) is 3. The number of para-hydroxylation sites is 2. The molecule has 3 aromatic carbocycles. The molecule has 1 unspecified atom stereocenters. The number of carbonyl (C=O) groups is 1. The van der Waals surface area contributed by atoms with Crippen molar-refractivity contribution < 1.29 is 28.5 Å². The molecule has 0 radical (unpaired) electrons. The quantitative estimate of drug-likeness (QED) is 0.166. The number of furan rings is 1. The molecule has 12 heteroatoms. The minimum Gasteiger partial charge on any atom is -0.493 e. The molecule has 4 heterocycles. The standard InChI is InChI=1S/C40H47N5O6.ClH/c1-48-35-24-29(25-36(49-2)37(35)50-3)38(47)44-21-17-40(28-44,30-10-5-4-6-11-30)16-20-42-18-9-19-43(23-22-42)39-41-33-12-7-8-13-34(33)45(39)26-31-14-15-32(27-46)51-31;/h4-8,10-15,24-25,46H,9,16-23,26-28H2,1-3H3;1H. The summed E-state index contributed by atoms with van der Waals surface area (Å²) in [6.45, 7) is 6.33. The average Bonchev–Trinajstić information content (AvgIpc) is 3.88. The van der Waals surface area contributed by atoms with Crippen molar-refractivity contribution in [3.63, 3.8) is 0 Å². The SMILES string of the molecule is COc1cc(C(=O)N2CCC(CCN3CCCN(c4nc5ccccc5n4Cc4ccc(CO)o4)CC3)(c3ccccc3)C2)cc(OC)c1OC.Cl. The maximum atomic E-state index is 14.0. The summed E-state index contributed by atoms with van der Waals surface area (Å²) in [5.74, 6) is 3.66. The number of fused-ring (bicyclic) bond motifs is 1. The summed E-state index contributed by atoms with van der Waals surface area (Å²) in [5.41, 5.74) is 3.66. The normalized spacial score (nSPS) is 17.9. The molecule has 1 N–H and O–H groups in total. The molecule has 276 valence electrons. The van der Waals surface area contributed by atoms with E-state index in [1.165, 1.54) is 5.56 Å². The van der Waals surface area contributed by atoms with E-state index in [1.54, 1.807) is 33.5 Å². The molecule has 2 aromatic heterocycles. The number of carbonyl (C=O) groups excluding carboxylic acids is 1. The Morgan fingerprint density at radius 2 is 1.60 bits per heavy atom. The number of aromatic nitrogens is 2. The number of rotatable bonds is 12. The number of amides is 1. The van der Waals surface area contributed by atoms with Gasteiger partial charge in [-0.05, 0) is 74.3 Å². The van der Waals surface area contributed by atoms with Crippen LogP contribution in [0.15, 0.2) is 83.3 Å². The van der Waals surface area contributed by atoms with Crippen LogP contribution in [0.2, 0.25) is 0 Å². The lowest BCUT2D eigenvalue weighted by Crippen LogP contribution is -2.39. The Hall–Kier alpha value is -4.71. The average molecular weight is 730 g/mol. The lowest BCUT2D eigenvalue weighted by molar-refractivity contribution is 0.0780. The molecule has 11 nitrogen and oxygen atoms in total. The minimum atomic E-state index is -0.159. The van der Waals surface area contributed by atoms with Gasteiger partial charge in [0.2, 0.25) is 11.7 Å². The molecule has 7 rings (SSSR count). The van der Waals surface area contributed by atoms with Crippen LogP contribution >= 0.6 is 12.4 Å². The predicted molar refractivity (Wildman–Crippen MR) is 203 cm³/mol. The van der Waals surface area contributed by atoms with Gasteiger partial charge in [-0.25, -0.2) is 4.98 Å². The van der Waals surface area contributed by atoms with Crippen molar-refractivity contribution in [2.45, 2.75) is 37.8 Å². The van der Waals surface area contributed by atoms with Gasteiger partial charge in [0.15, 0.2) is 11.5 Å². The molecular weight excluding hydrogens is 682 g/mol. The van der Waals surface area contributed by atoms with Gasteiger partial charge in [-0.2, -0.15) is 0 Å². The Morgan fingerprint density at radius 3 is 2.31 bits per heavy atom. The van der Waals surface area contributed by atoms with E-state index in [0.29, 0.717) is 48.2 Å². The number of hydrogen-bond acceptors (Lipinski definition) is 9. The van der Waals surface area contributed by atoms with E-state index in [1.807, 2.05) is 29.2 Å². The fourth-order valence-electron chi connectivity index (χ4n) is 7.78. The first kappa shape index (κ1) is 37.1. The Balaban J connectivity index is 0.00000464. The van der Waals surface area contributed by atoms with Crippen LogP contribution in [0.4, 0.5) is 5.95 Å². The fraction of sp³-hybridized carbons (Fsp3) is 0.400. The maximum Gasteiger partial charge on any atom is 0.254 e. The molecule has 52 heavy (non-hydrogen) atoms. The third-order valence-corrected chi connectivity index (χ3v) is 10.5. The number of benzene rings is 3. The van der Waals surface area contributed by atoms with Gasteiger partial charge in [0.05, 0.1) is 38.9 Å². The summed E-state index contributed by atoms with van der Waals surface area (Å²) >= 11 is 0. The van der Waals surface area contributed by atoms with E-state index >= 15 is 0 Å². The van der Waals surface area contributed by atoms with Gasteiger partial charge >= 0.3 is 0 Å². The first-order chi connectivity index (χ1) is 24.9. The Labute approximate surface area is 311 Å². The largest absolute Gasteiger partial charge is 0.493 e. The van der Waals surface area contributed by atoms with Crippen molar-refractivity contribution in [2.75, 3.05) is 72.0 Å². The van der Waals surface area contributed by atoms with Crippen LogP contribution in [-0.2, 0) is 18.6 Å². The first-order valence-corrected chi connectivity index (χ1v) is 17.7. The molecule has 2 aliphatic rings. The molecular formula is C40H48ClN5O6. The Bertz CT molecular complexity index is 1940. The van der Waals surface area contributed by atoms with Gasteiger partial charge in [-0.15, -0.1) is 12.4 Å². The van der Waals surface area contributed by atoms with Crippen molar-refractivity contribution in [2.24, 2.45) is 0 Å². The van der Waals surface area contributed by atoms with Crippen LogP contribution in [0.5, 0.6) is 17.2 Å². The van der Waals surface area contributed by atoms with Crippen molar-refractivity contribution in [1.29, 1.82) is 0 Å². The van der Waals surface area contributed by atoms with E-state index in [2.05, 4.69) is 56.8 Å². The van der Waals surface area contributed by atoms with Gasteiger partial charge in [-0.1, -0.05) is 42.5 Å². The predicted octanol–water partition coefficient (Wildman–Crippen LogP) is 6.00. The lowest BCUT2D eigenvalue weighted by Gasteiger charge is -2.33. The Kier molecular flexibility index (Phi) is 11.6.